The molecular formula is C8H13BO3. The van der Waals surface area contributed by atoms with Crippen LogP contribution in [0.2, 0.25) is 0 Å². The molecule has 4 heteroatoms. The molecule has 3 nitrogen and oxygen atoms in total. The normalized spacial score (nSPS) is 44.2. The van der Waals surface area contributed by atoms with Gasteiger partial charge in [-0.15, -0.1) is 0 Å². The van der Waals surface area contributed by atoms with Gasteiger partial charge in [-0.05, 0) is 13.8 Å². The Morgan fingerprint density at radius 1 is 1.42 bits per heavy atom. The molecule has 0 spiro atoms. The van der Waals surface area contributed by atoms with E-state index in [1.54, 1.807) is 0 Å². The van der Waals surface area contributed by atoms with Gasteiger partial charge in [0, 0.05) is 0 Å². The topological polar surface area (TPSA) is 27.7 Å². The summed E-state index contributed by atoms with van der Waals surface area (Å²) in [6.45, 7) is 7.60. The zero-order valence-electron chi connectivity index (χ0n) is 7.66. The summed E-state index contributed by atoms with van der Waals surface area (Å²) in [6, 6.07) is 0.0595. The quantitative estimate of drug-likeness (QED) is 0.477. The highest BCUT2D eigenvalue weighted by atomic mass is 16.8. The Kier molecular flexibility index (Phi) is 1.54. The third-order valence-corrected chi connectivity index (χ3v) is 2.25. The fourth-order valence-corrected chi connectivity index (χ4v) is 1.75. The van der Waals surface area contributed by atoms with Gasteiger partial charge in [0.15, 0.2) is 13.6 Å². The number of hydrogen-bond donors (Lipinski definition) is 0. The highest BCUT2D eigenvalue weighted by Crippen LogP contribution is 2.38. The fourth-order valence-electron chi connectivity index (χ4n) is 1.75. The molecular weight excluding hydrogens is 155 g/mol. The molecule has 2 saturated heterocycles. The van der Waals surface area contributed by atoms with Crippen LogP contribution < -0.4 is 0 Å². The van der Waals surface area contributed by atoms with E-state index < -0.39 is 5.79 Å². The van der Waals surface area contributed by atoms with Gasteiger partial charge in [0.05, 0.1) is 6.00 Å². The average Bonchev–Trinajstić information content (AvgIpc) is 2.34. The Balaban J connectivity index is 2.20. The lowest BCUT2D eigenvalue weighted by Gasteiger charge is -2.20. The third kappa shape index (κ3) is 1.06. The van der Waals surface area contributed by atoms with E-state index in [2.05, 4.69) is 6.58 Å². The van der Waals surface area contributed by atoms with Crippen LogP contribution in [0.3, 0.4) is 0 Å². The highest BCUT2D eigenvalue weighted by Gasteiger charge is 2.50. The number of ether oxygens (including phenoxy) is 3. The number of fused-ring (bicyclic) bond motifs is 1. The van der Waals surface area contributed by atoms with E-state index in [9.17, 15) is 0 Å². The monoisotopic (exact) mass is 168 g/mol. The Bertz CT molecular complexity index is 226. The van der Waals surface area contributed by atoms with Crippen LogP contribution >= 0.6 is 0 Å². The first-order valence-corrected chi connectivity index (χ1v) is 4.21. The highest BCUT2D eigenvalue weighted by molar-refractivity contribution is 6.11. The molecule has 0 aromatic heterocycles. The zero-order chi connectivity index (χ0) is 8.93. The standard InChI is InChI=1S/C8H13BO3/c1-4-5-6(7(9)10-4)12-8(2,3)11-5/h5-7H,1,9H2,2-3H3/t5?,6?,7-/m1/s1. The van der Waals surface area contributed by atoms with E-state index in [1.165, 1.54) is 0 Å². The molecule has 2 aliphatic rings. The molecule has 2 fully saturated rings. The molecule has 12 heavy (non-hydrogen) atoms. The smallest absolute Gasteiger partial charge is 0.164 e. The lowest BCUT2D eigenvalue weighted by atomic mass is 9.94. The summed E-state index contributed by atoms with van der Waals surface area (Å²) in [4.78, 5) is 0. The van der Waals surface area contributed by atoms with Crippen LogP contribution in [0.4, 0.5) is 0 Å². The molecule has 2 heterocycles. The van der Waals surface area contributed by atoms with Crippen LogP contribution in [0.25, 0.3) is 0 Å². The number of rotatable bonds is 0. The van der Waals surface area contributed by atoms with Crippen molar-refractivity contribution in [2.24, 2.45) is 0 Å². The maximum Gasteiger partial charge on any atom is 0.164 e. The minimum Gasteiger partial charge on any atom is -0.499 e. The first-order chi connectivity index (χ1) is 5.49. The zero-order valence-corrected chi connectivity index (χ0v) is 7.66. The molecule has 0 saturated carbocycles. The Morgan fingerprint density at radius 3 is 2.67 bits per heavy atom. The molecule has 2 aliphatic heterocycles. The predicted molar refractivity (Wildman–Crippen MR) is 46.4 cm³/mol. The molecule has 0 bridgehead atoms. The molecule has 0 amide bonds. The van der Waals surface area contributed by atoms with E-state index >= 15 is 0 Å². The largest absolute Gasteiger partial charge is 0.499 e. The predicted octanol–water partition coefficient (Wildman–Crippen LogP) is 0.00960. The lowest BCUT2D eigenvalue weighted by Crippen LogP contribution is -2.29. The molecule has 0 aromatic carbocycles. The lowest BCUT2D eigenvalue weighted by molar-refractivity contribution is -0.160. The van der Waals surface area contributed by atoms with Crippen LogP contribution in [0.15, 0.2) is 12.3 Å². The summed E-state index contributed by atoms with van der Waals surface area (Å²) in [5.74, 6) is 0.203. The second-order valence-electron chi connectivity index (χ2n) is 3.81. The Labute approximate surface area is 73.1 Å². The molecule has 0 aliphatic carbocycles. The van der Waals surface area contributed by atoms with Crippen LogP contribution in [0.5, 0.6) is 0 Å². The summed E-state index contributed by atoms with van der Waals surface area (Å²) in [5, 5.41) is 0. The van der Waals surface area contributed by atoms with Crippen LogP contribution in [0.1, 0.15) is 13.8 Å². The van der Waals surface area contributed by atoms with E-state index in [-0.39, 0.29) is 18.2 Å². The second kappa shape index (κ2) is 2.27. The third-order valence-electron chi connectivity index (χ3n) is 2.25. The first-order valence-electron chi connectivity index (χ1n) is 4.21. The van der Waals surface area contributed by atoms with Gasteiger partial charge in [0.1, 0.15) is 18.0 Å². The van der Waals surface area contributed by atoms with Crippen molar-refractivity contribution in [3.8, 4) is 0 Å². The minimum absolute atomic E-state index is 0.0208. The summed E-state index contributed by atoms with van der Waals surface area (Å²) < 4.78 is 16.6. The summed E-state index contributed by atoms with van der Waals surface area (Å²) in [7, 11) is 1.97. The van der Waals surface area contributed by atoms with Gasteiger partial charge >= 0.3 is 0 Å². The van der Waals surface area contributed by atoms with Gasteiger partial charge in [-0.25, -0.2) is 0 Å². The fraction of sp³-hybridized carbons (Fsp3) is 0.750. The SMILES string of the molecule is B[C@@H]1OC(=C)C2OC(C)(C)OC21. The van der Waals surface area contributed by atoms with Crippen LogP contribution in [-0.4, -0.2) is 31.8 Å². The first kappa shape index (κ1) is 8.14. The van der Waals surface area contributed by atoms with Gasteiger partial charge < -0.3 is 14.2 Å². The van der Waals surface area contributed by atoms with Crippen LogP contribution in [-0.2, 0) is 14.2 Å². The second-order valence-corrected chi connectivity index (χ2v) is 3.81. The van der Waals surface area contributed by atoms with Gasteiger partial charge in [-0.3, -0.25) is 0 Å². The van der Waals surface area contributed by atoms with Crippen molar-refractivity contribution in [3.63, 3.8) is 0 Å². The molecule has 3 atom stereocenters. The Morgan fingerprint density at radius 2 is 2.08 bits per heavy atom. The molecule has 0 N–H and O–H groups in total. The molecule has 66 valence electrons. The van der Waals surface area contributed by atoms with Crippen molar-refractivity contribution >= 4 is 7.85 Å². The van der Waals surface area contributed by atoms with Crippen molar-refractivity contribution in [3.05, 3.63) is 12.3 Å². The molecule has 2 rings (SSSR count). The van der Waals surface area contributed by atoms with Gasteiger partial charge in [0.2, 0.25) is 0 Å². The molecule has 0 radical (unpaired) electrons. The van der Waals surface area contributed by atoms with Crippen LogP contribution in [0, 0.1) is 0 Å². The van der Waals surface area contributed by atoms with E-state index in [0.29, 0.717) is 5.76 Å². The van der Waals surface area contributed by atoms with Crippen molar-refractivity contribution in [1.29, 1.82) is 0 Å². The van der Waals surface area contributed by atoms with Crippen molar-refractivity contribution in [2.45, 2.75) is 37.8 Å². The summed E-state index contributed by atoms with van der Waals surface area (Å²) in [5.41, 5.74) is 0. The minimum atomic E-state index is -0.490. The van der Waals surface area contributed by atoms with Gasteiger partial charge in [-0.2, -0.15) is 0 Å². The maximum atomic E-state index is 5.65. The van der Waals surface area contributed by atoms with E-state index in [1.807, 2.05) is 21.7 Å². The van der Waals surface area contributed by atoms with Crippen molar-refractivity contribution < 1.29 is 14.2 Å². The summed E-state index contributed by atoms with van der Waals surface area (Å²) >= 11 is 0. The van der Waals surface area contributed by atoms with Crippen molar-refractivity contribution in [1.82, 2.24) is 0 Å². The molecule has 2 unspecified atom stereocenters. The summed E-state index contributed by atoms with van der Waals surface area (Å²) in [6.07, 6.45) is -0.0532. The molecule has 0 aromatic rings. The average molecular weight is 168 g/mol. The maximum absolute atomic E-state index is 5.65. The van der Waals surface area contributed by atoms with E-state index in [4.69, 9.17) is 14.2 Å². The van der Waals surface area contributed by atoms with Crippen molar-refractivity contribution in [2.75, 3.05) is 0 Å². The van der Waals surface area contributed by atoms with Gasteiger partial charge in [0.25, 0.3) is 0 Å². The van der Waals surface area contributed by atoms with E-state index in [0.717, 1.165) is 0 Å². The van der Waals surface area contributed by atoms with Gasteiger partial charge in [-0.1, -0.05) is 6.58 Å². The number of hydrogen-bond acceptors (Lipinski definition) is 3. The Hall–Kier alpha value is -0.475.